The molecule has 0 spiro atoms. The number of rotatable bonds is 55. The van der Waals surface area contributed by atoms with Crippen molar-refractivity contribution in [1.82, 2.24) is 41.7 Å². The zero-order valence-electron chi connectivity index (χ0n) is 58.2. The molecule has 3 rings (SSSR count). The predicted octanol–water partition coefficient (Wildman–Crippen LogP) is -7.95. The van der Waals surface area contributed by atoms with Gasteiger partial charge in [-0.25, -0.2) is 0 Å². The molecule has 3 heterocycles. The number of hydrogen-bond acceptors (Lipinski definition) is 32. The van der Waals surface area contributed by atoms with Gasteiger partial charge in [-0.2, -0.15) is 0 Å². The van der Waals surface area contributed by atoms with Crippen molar-refractivity contribution in [2.45, 2.75) is 165 Å². The summed E-state index contributed by atoms with van der Waals surface area (Å²) < 4.78 is 77.6. The lowest BCUT2D eigenvalue weighted by Crippen LogP contribution is -2.64. The zero-order valence-corrected chi connectivity index (χ0v) is 59.9. The number of unbranched alkanes of at least 4 members (excludes halogenated alkanes) is 2. The minimum atomic E-state index is -3.44. The summed E-state index contributed by atoms with van der Waals surface area (Å²) in [6, 6.07) is -3.34. The van der Waals surface area contributed by atoms with Gasteiger partial charge in [0.25, 0.3) is 0 Å². The molecule has 0 aromatic heterocycles. The third kappa shape index (κ3) is 37.7. The molecule has 0 aliphatic carbocycles. The van der Waals surface area contributed by atoms with Crippen molar-refractivity contribution >= 4 is 59.9 Å². The van der Waals surface area contributed by atoms with Crippen molar-refractivity contribution in [1.29, 1.82) is 0 Å². The van der Waals surface area contributed by atoms with Gasteiger partial charge >= 0.3 is 6.72 Å². The van der Waals surface area contributed by atoms with E-state index in [1.54, 1.807) is 18.7 Å². The van der Waals surface area contributed by atoms with Crippen LogP contribution in [-0.2, 0) is 111 Å². The van der Waals surface area contributed by atoms with E-state index >= 15 is 0 Å². The largest absolute Gasteiger partial charge is 0.394 e. The van der Waals surface area contributed by atoms with E-state index < -0.39 is 154 Å². The van der Waals surface area contributed by atoms with Crippen molar-refractivity contribution in [2.24, 2.45) is 0 Å². The number of nitrogens with zero attached hydrogens (tertiary/aromatic N) is 2. The van der Waals surface area contributed by atoms with Crippen LogP contribution >= 0.6 is 6.72 Å². The summed E-state index contributed by atoms with van der Waals surface area (Å²) in [5.74, 6) is -3.30. The Morgan fingerprint density at radius 1 is 0.446 bits per heavy atom. The fraction of sp³-hybridized carbons (Fsp3) is 0.883. The molecule has 0 radical (unpaired) electrons. The number of ether oxygens (including phenoxy) is 12. The van der Waals surface area contributed by atoms with Crippen LogP contribution in [0, 0.1) is 0 Å². The van der Waals surface area contributed by atoms with Gasteiger partial charge in [0.05, 0.1) is 151 Å². The van der Waals surface area contributed by atoms with Crippen molar-refractivity contribution < 1.29 is 150 Å². The Balaban J connectivity index is 1.54. The van der Waals surface area contributed by atoms with Crippen LogP contribution in [0.25, 0.3) is 0 Å². The molecule has 3 aliphatic rings. The second-order valence-corrected chi connectivity index (χ2v) is 26.6. The highest BCUT2D eigenvalue weighted by molar-refractivity contribution is 8.07. The molecule has 7 amide bonds. The Bertz CT molecular complexity index is 2330. The van der Waals surface area contributed by atoms with Crippen LogP contribution in [-0.4, -0.2) is 378 Å². The molecule has 3 saturated heterocycles. The maximum atomic E-state index is 13.8. The predicted molar refractivity (Wildman–Crippen MR) is 353 cm³/mol. The van der Waals surface area contributed by atoms with Crippen LogP contribution in [0.5, 0.6) is 0 Å². The first-order valence-electron chi connectivity index (χ1n) is 33.7. The van der Waals surface area contributed by atoms with E-state index in [4.69, 9.17) is 77.7 Å². The Kier molecular flexibility index (Phi) is 46.9. The summed E-state index contributed by atoms with van der Waals surface area (Å²) in [5.41, 5.74) is 0. The average molecular weight is 1500 g/mol. The number of carbonyl (C=O) groups is 7. The molecule has 3 fully saturated rings. The lowest BCUT2D eigenvalue weighted by atomic mass is 9.97. The second-order valence-electron chi connectivity index (χ2n) is 23.8. The highest BCUT2D eigenvalue weighted by Crippen LogP contribution is 2.45. The Labute approximate surface area is 592 Å². The number of hydrogen-bond donors (Lipinski definition) is 16. The quantitative estimate of drug-likeness (QED) is 0.0199. The summed E-state index contributed by atoms with van der Waals surface area (Å²) >= 11 is 5.05. The van der Waals surface area contributed by atoms with E-state index in [1.807, 2.05) is 0 Å². The first kappa shape index (κ1) is 91.2. The fourth-order valence-electron chi connectivity index (χ4n) is 10.2. The smallest absolute Gasteiger partial charge is 0.324 e. The molecule has 16 unspecified atom stereocenters. The highest BCUT2D eigenvalue weighted by atomic mass is 32.5. The molecule has 16 N–H and O–H groups in total. The van der Waals surface area contributed by atoms with Crippen molar-refractivity contribution in [3.63, 3.8) is 0 Å². The normalized spacial score (nSPS) is 25.9. The van der Waals surface area contributed by atoms with Gasteiger partial charge in [-0.15, -0.1) is 0 Å². The van der Waals surface area contributed by atoms with Gasteiger partial charge < -0.3 is 154 Å². The molecular formula is C60H111N8O31PS. The lowest BCUT2D eigenvalue weighted by molar-refractivity contribution is -0.272. The van der Waals surface area contributed by atoms with Gasteiger partial charge in [-0.3, -0.25) is 38.5 Å². The van der Waals surface area contributed by atoms with E-state index in [1.165, 1.54) is 25.7 Å². The fourth-order valence-corrected chi connectivity index (χ4v) is 11.9. The first-order chi connectivity index (χ1) is 48.2. The molecule has 41 heteroatoms. The van der Waals surface area contributed by atoms with E-state index in [0.717, 1.165) is 0 Å². The molecule has 16 atom stereocenters. The van der Waals surface area contributed by atoms with Crippen LogP contribution in [0.2, 0.25) is 0 Å². The zero-order chi connectivity index (χ0) is 74.7. The number of aliphatic hydroxyl groups is 9. The third-order valence-corrected chi connectivity index (χ3v) is 16.8. The summed E-state index contributed by atoms with van der Waals surface area (Å²) in [6.45, 7) is 2.25. The van der Waals surface area contributed by atoms with E-state index in [9.17, 15) is 84.4 Å². The monoisotopic (exact) mass is 1500 g/mol. The number of aliphatic hydroxyl groups excluding tert-OH is 9. The van der Waals surface area contributed by atoms with Crippen molar-refractivity contribution in [3.05, 3.63) is 0 Å². The van der Waals surface area contributed by atoms with Gasteiger partial charge in [0.1, 0.15) is 73.1 Å². The third-order valence-electron chi connectivity index (χ3n) is 15.1. The summed E-state index contributed by atoms with van der Waals surface area (Å²) in [5, 5.41) is 106. The molecule has 3 aliphatic heterocycles. The Morgan fingerprint density at radius 2 is 0.782 bits per heavy atom. The van der Waals surface area contributed by atoms with Crippen LogP contribution in [0.4, 0.5) is 0 Å². The Morgan fingerprint density at radius 3 is 1.12 bits per heavy atom. The standard InChI is InChI=1S/C60H111N8O31PS/c1-38(2)99-100(85,101)95-16-8-6-7-10-48(78)68(34-47(77)63-13-19-88-22-25-91-28-31-94-60-51(66-41(5)74)57(84)54(81)44(37-71)98-60)15-9-14-67(32-45(75)61-11-17-86-20-23-89-26-29-92-58-49(64-39(3)72)55(82)52(79)42(35-69)96-58)33-46(76)62-12-18-87-21-24-90-27-30-93-59-50(65-40(4)73)56(83)53(80)43(36-70)97-59/h38,42-44,49-60,69-71,79-84H,6-37H2,1-5H3,(H,61,75)(H,62,76)(H,63,77)(H,64,72)(H,65,73)(H,66,74)(H,85,101). The van der Waals surface area contributed by atoms with E-state index in [-0.39, 0.29) is 183 Å². The minimum Gasteiger partial charge on any atom is -0.394 e. The van der Waals surface area contributed by atoms with Crippen molar-refractivity contribution in [2.75, 3.05) is 178 Å². The number of nitrogens with one attached hydrogen (secondary N) is 6. The topological polar surface area (TPSA) is 530 Å². The average Bonchev–Trinajstić information content (AvgIpc) is 0.823. The summed E-state index contributed by atoms with van der Waals surface area (Å²) in [6.07, 6.45) is -14.6. The Hall–Kier alpha value is -4.06. The highest BCUT2D eigenvalue weighted by Gasteiger charge is 2.48. The van der Waals surface area contributed by atoms with Crippen LogP contribution in [0.3, 0.4) is 0 Å². The van der Waals surface area contributed by atoms with Gasteiger partial charge in [0.15, 0.2) is 18.9 Å². The maximum absolute atomic E-state index is 13.8. The van der Waals surface area contributed by atoms with E-state index in [0.29, 0.717) is 19.3 Å². The number of amides is 7. The van der Waals surface area contributed by atoms with E-state index in [2.05, 4.69) is 31.9 Å². The molecule has 588 valence electrons. The summed E-state index contributed by atoms with van der Waals surface area (Å²) in [4.78, 5) is 102. The molecule has 0 aromatic carbocycles. The maximum Gasteiger partial charge on any atom is 0.324 e. The molecule has 101 heavy (non-hydrogen) atoms. The van der Waals surface area contributed by atoms with Crippen LogP contribution in [0.1, 0.15) is 66.7 Å². The van der Waals surface area contributed by atoms with Crippen LogP contribution in [0.15, 0.2) is 0 Å². The van der Waals surface area contributed by atoms with Gasteiger partial charge in [0.2, 0.25) is 41.4 Å². The molecule has 0 saturated carbocycles. The second kappa shape index (κ2) is 52.0. The van der Waals surface area contributed by atoms with Crippen LogP contribution < -0.4 is 31.9 Å². The SMILES string of the molecule is CC(=O)NC1C(OCCOCCOCCNC(=O)CN(CCCN(CC(=O)NCCOCCOCCOC2OC(CO)C(O)C(O)C2NC(C)=O)C(=O)CCCCCOP(O)(=S)OC(C)C)CC(=O)NCCOCCOCCOC2OC(CO)C(O)C(O)C2NC(C)=O)OC(CO)C(O)C1O. The molecule has 39 nitrogen and oxygen atoms in total. The first-order valence-corrected chi connectivity index (χ1v) is 36.3. The van der Waals surface area contributed by atoms with Gasteiger partial charge in [-0.05, 0) is 44.9 Å². The summed E-state index contributed by atoms with van der Waals surface area (Å²) in [7, 11) is 0. The molecule has 0 bridgehead atoms. The van der Waals surface area contributed by atoms with Gasteiger partial charge in [0, 0.05) is 59.9 Å². The number of carbonyl (C=O) groups excluding carboxylic acids is 7. The lowest BCUT2D eigenvalue weighted by Gasteiger charge is -2.42. The van der Waals surface area contributed by atoms with Crippen molar-refractivity contribution in [3.8, 4) is 0 Å². The van der Waals surface area contributed by atoms with Gasteiger partial charge in [-0.1, -0.05) is 6.42 Å². The molecule has 0 aromatic rings. The minimum absolute atomic E-state index is 0.0365. The molecular weight excluding hydrogens is 1390 g/mol.